The van der Waals surface area contributed by atoms with E-state index in [9.17, 15) is 4.79 Å². The molecule has 0 spiro atoms. The van der Waals surface area contributed by atoms with Crippen molar-refractivity contribution in [2.45, 2.75) is 45.1 Å². The number of amides is 1. The molecule has 0 unspecified atom stereocenters. The molecule has 5 nitrogen and oxygen atoms in total. The minimum Gasteiger partial charge on any atom is -0.489 e. The average molecular weight is 388 g/mol. The van der Waals surface area contributed by atoms with Crippen LogP contribution in [0, 0.1) is 0 Å². The molecule has 0 saturated carbocycles. The number of aromatic nitrogens is 1. The Balaban J connectivity index is 1.94. The maximum atomic E-state index is 13.3. The summed E-state index contributed by atoms with van der Waals surface area (Å²) >= 11 is 6.00. The van der Waals surface area contributed by atoms with Gasteiger partial charge < -0.3 is 15.4 Å². The van der Waals surface area contributed by atoms with E-state index in [2.05, 4.69) is 41.6 Å². The van der Waals surface area contributed by atoms with Crippen LogP contribution in [0.1, 0.15) is 44.7 Å². The molecule has 0 bridgehead atoms. The molecule has 2 N–H and O–H groups in total. The molecule has 1 aromatic heterocycles. The first kappa shape index (κ1) is 19.6. The maximum Gasteiger partial charge on any atom is 0.237 e. The number of pyridine rings is 1. The molecule has 2 heterocycles. The number of rotatable bonds is 6. The van der Waals surface area contributed by atoms with Crippen LogP contribution in [0.4, 0.5) is 5.69 Å². The van der Waals surface area contributed by atoms with E-state index in [4.69, 9.17) is 16.3 Å². The minimum absolute atomic E-state index is 0.0416. The van der Waals surface area contributed by atoms with E-state index in [1.165, 1.54) is 5.56 Å². The summed E-state index contributed by atoms with van der Waals surface area (Å²) in [6.07, 6.45) is 1.51. The van der Waals surface area contributed by atoms with Crippen molar-refractivity contribution in [2.24, 2.45) is 0 Å². The van der Waals surface area contributed by atoms with Crippen molar-refractivity contribution < 1.29 is 9.53 Å². The van der Waals surface area contributed by atoms with E-state index in [0.29, 0.717) is 35.6 Å². The standard InChI is InChI=1S/C21H26ClN3O2/c1-13(2)15-7-5-6-8-16(15)21(11-23-12-21)20(26)25-17-10-24-19(22)9-18(17)27-14(3)4/h5-10,13-14,23H,11-12H2,1-4H3,(H,25,26). The zero-order chi connectivity index (χ0) is 19.6. The molecule has 1 fully saturated rings. The molecule has 0 radical (unpaired) electrons. The second-order valence-electron chi connectivity index (χ2n) is 7.55. The van der Waals surface area contributed by atoms with Crippen molar-refractivity contribution in [3.05, 3.63) is 52.8 Å². The van der Waals surface area contributed by atoms with E-state index >= 15 is 0 Å². The number of benzene rings is 1. The van der Waals surface area contributed by atoms with Crippen molar-refractivity contribution >= 4 is 23.2 Å². The van der Waals surface area contributed by atoms with E-state index in [1.54, 1.807) is 12.3 Å². The van der Waals surface area contributed by atoms with Gasteiger partial charge in [0.2, 0.25) is 5.91 Å². The normalized spacial score (nSPS) is 15.5. The largest absolute Gasteiger partial charge is 0.489 e. The van der Waals surface area contributed by atoms with Crippen molar-refractivity contribution in [1.29, 1.82) is 0 Å². The molecule has 1 amide bonds. The van der Waals surface area contributed by atoms with E-state index in [-0.39, 0.29) is 12.0 Å². The zero-order valence-electron chi connectivity index (χ0n) is 16.2. The van der Waals surface area contributed by atoms with Gasteiger partial charge in [-0.1, -0.05) is 49.7 Å². The maximum absolute atomic E-state index is 13.3. The monoisotopic (exact) mass is 387 g/mol. The summed E-state index contributed by atoms with van der Waals surface area (Å²) in [5.41, 5.74) is 2.20. The molecule has 1 aliphatic rings. The Labute approximate surface area is 165 Å². The lowest BCUT2D eigenvalue weighted by atomic mass is 9.71. The third kappa shape index (κ3) is 3.94. The van der Waals surface area contributed by atoms with Gasteiger partial charge in [-0.2, -0.15) is 0 Å². The lowest BCUT2D eigenvalue weighted by molar-refractivity contribution is -0.123. The molecule has 6 heteroatoms. The van der Waals surface area contributed by atoms with Crippen molar-refractivity contribution in [1.82, 2.24) is 10.3 Å². The van der Waals surface area contributed by atoms with E-state index < -0.39 is 5.41 Å². The predicted molar refractivity (Wildman–Crippen MR) is 109 cm³/mol. The molecule has 3 rings (SSSR count). The van der Waals surface area contributed by atoms with Crippen LogP contribution < -0.4 is 15.4 Å². The average Bonchev–Trinajstić information content (AvgIpc) is 2.56. The molecule has 144 valence electrons. The molecular weight excluding hydrogens is 362 g/mol. The Morgan fingerprint density at radius 2 is 1.96 bits per heavy atom. The molecule has 1 saturated heterocycles. The van der Waals surface area contributed by atoms with Crippen LogP contribution in [-0.2, 0) is 10.2 Å². The summed E-state index contributed by atoms with van der Waals surface area (Å²) in [6, 6.07) is 9.80. The van der Waals surface area contributed by atoms with Crippen LogP contribution in [0.2, 0.25) is 5.15 Å². The van der Waals surface area contributed by atoms with E-state index in [1.807, 2.05) is 26.0 Å². The van der Waals surface area contributed by atoms with Gasteiger partial charge in [0.1, 0.15) is 16.6 Å². The summed E-state index contributed by atoms with van der Waals surface area (Å²) in [5.74, 6) is 0.800. The van der Waals surface area contributed by atoms with Crippen LogP contribution in [0.25, 0.3) is 0 Å². The summed E-state index contributed by atoms with van der Waals surface area (Å²) in [5, 5.41) is 6.61. The third-order valence-corrected chi connectivity index (χ3v) is 5.04. The van der Waals surface area contributed by atoms with Gasteiger partial charge in [-0.05, 0) is 30.9 Å². The summed E-state index contributed by atoms with van der Waals surface area (Å²) in [4.78, 5) is 17.4. The zero-order valence-corrected chi connectivity index (χ0v) is 16.9. The fourth-order valence-electron chi connectivity index (χ4n) is 3.38. The Bertz CT molecular complexity index is 832. The molecule has 0 atom stereocenters. The number of carbonyl (C=O) groups excluding carboxylic acids is 1. The topological polar surface area (TPSA) is 63.2 Å². The first-order valence-electron chi connectivity index (χ1n) is 9.27. The highest BCUT2D eigenvalue weighted by Crippen LogP contribution is 2.37. The van der Waals surface area contributed by atoms with Crippen LogP contribution in [0.15, 0.2) is 36.5 Å². The minimum atomic E-state index is -0.602. The van der Waals surface area contributed by atoms with Gasteiger partial charge in [-0.3, -0.25) is 4.79 Å². The Morgan fingerprint density at radius 1 is 1.26 bits per heavy atom. The van der Waals surface area contributed by atoms with Gasteiger partial charge in [0.15, 0.2) is 0 Å². The predicted octanol–water partition coefficient (Wildman–Crippen LogP) is 4.13. The number of anilines is 1. The number of halogens is 1. The van der Waals surface area contributed by atoms with Crippen molar-refractivity contribution in [2.75, 3.05) is 18.4 Å². The lowest BCUT2D eigenvalue weighted by Gasteiger charge is -2.43. The molecule has 0 aliphatic carbocycles. The van der Waals surface area contributed by atoms with Crippen molar-refractivity contribution in [3.8, 4) is 5.75 Å². The second-order valence-corrected chi connectivity index (χ2v) is 7.94. The first-order valence-corrected chi connectivity index (χ1v) is 9.65. The smallest absolute Gasteiger partial charge is 0.237 e. The lowest BCUT2D eigenvalue weighted by Crippen LogP contribution is -2.63. The number of hydrogen-bond donors (Lipinski definition) is 2. The highest BCUT2D eigenvalue weighted by Gasteiger charge is 2.47. The Hall–Kier alpha value is -2.11. The van der Waals surface area contributed by atoms with Crippen LogP contribution in [0.5, 0.6) is 5.75 Å². The molecule has 1 aromatic carbocycles. The number of hydrogen-bond acceptors (Lipinski definition) is 4. The van der Waals surface area contributed by atoms with Gasteiger partial charge in [0, 0.05) is 19.2 Å². The van der Waals surface area contributed by atoms with Gasteiger partial charge >= 0.3 is 0 Å². The van der Waals surface area contributed by atoms with E-state index in [0.717, 1.165) is 5.56 Å². The summed E-state index contributed by atoms with van der Waals surface area (Å²) in [6.45, 7) is 9.35. The molecule has 2 aromatic rings. The quantitative estimate of drug-likeness (QED) is 0.731. The number of nitrogens with zero attached hydrogens (tertiary/aromatic N) is 1. The second kappa shape index (κ2) is 7.87. The van der Waals surface area contributed by atoms with Crippen LogP contribution in [-0.4, -0.2) is 30.1 Å². The Kier molecular flexibility index (Phi) is 5.72. The SMILES string of the molecule is CC(C)Oc1cc(Cl)ncc1NC(=O)C1(c2ccccc2C(C)C)CNC1. The number of nitrogens with one attached hydrogen (secondary N) is 2. The molecule has 27 heavy (non-hydrogen) atoms. The summed E-state index contributed by atoms with van der Waals surface area (Å²) in [7, 11) is 0. The number of ether oxygens (including phenoxy) is 1. The highest BCUT2D eigenvalue weighted by molar-refractivity contribution is 6.29. The molecular formula is C21H26ClN3O2. The molecule has 1 aliphatic heterocycles. The Morgan fingerprint density at radius 3 is 2.56 bits per heavy atom. The van der Waals surface area contributed by atoms with Crippen molar-refractivity contribution in [3.63, 3.8) is 0 Å². The van der Waals surface area contributed by atoms with Crippen LogP contribution in [0.3, 0.4) is 0 Å². The summed E-state index contributed by atoms with van der Waals surface area (Å²) < 4.78 is 5.80. The fraction of sp³-hybridized carbons (Fsp3) is 0.429. The van der Waals surface area contributed by atoms with Gasteiger partial charge in [0.05, 0.1) is 17.7 Å². The fourth-order valence-corrected chi connectivity index (χ4v) is 3.53. The van der Waals surface area contributed by atoms with Gasteiger partial charge in [-0.25, -0.2) is 4.98 Å². The third-order valence-electron chi connectivity index (χ3n) is 4.83. The van der Waals surface area contributed by atoms with Crippen LogP contribution >= 0.6 is 11.6 Å². The first-order chi connectivity index (χ1) is 12.8. The van der Waals surface area contributed by atoms with Gasteiger partial charge in [-0.15, -0.1) is 0 Å². The van der Waals surface area contributed by atoms with Gasteiger partial charge in [0.25, 0.3) is 0 Å². The number of carbonyl (C=O) groups is 1. The highest BCUT2D eigenvalue weighted by atomic mass is 35.5.